The minimum Gasteiger partial charge on any atom is -0.478 e. The third kappa shape index (κ3) is 6.07. The van der Waals surface area contributed by atoms with Gasteiger partial charge in [-0.2, -0.15) is 5.26 Å². The van der Waals surface area contributed by atoms with Crippen molar-refractivity contribution in [3.63, 3.8) is 0 Å². The number of aromatic nitrogens is 4. The highest BCUT2D eigenvalue weighted by Gasteiger charge is 2.28. The highest BCUT2D eigenvalue weighted by molar-refractivity contribution is 5.92. The highest BCUT2D eigenvalue weighted by atomic mass is 19.3. The number of likely N-dealkylation sites (tertiary alicyclic amines) is 1. The first-order valence-corrected chi connectivity index (χ1v) is 14.0. The molecule has 0 radical (unpaired) electrons. The third-order valence-electron chi connectivity index (χ3n) is 8.06. The Labute approximate surface area is 244 Å². The summed E-state index contributed by atoms with van der Waals surface area (Å²) >= 11 is 0. The summed E-state index contributed by atoms with van der Waals surface area (Å²) in [6.45, 7) is 2.88. The lowest BCUT2D eigenvalue weighted by atomic mass is 10.1. The number of nitriles is 1. The molecule has 4 heterocycles. The third-order valence-corrected chi connectivity index (χ3v) is 8.06. The number of hydrogen-bond acceptors (Lipinski definition) is 7. The van der Waals surface area contributed by atoms with E-state index in [0.717, 1.165) is 29.3 Å². The van der Waals surface area contributed by atoms with Gasteiger partial charge in [0, 0.05) is 31.5 Å². The highest BCUT2D eigenvalue weighted by Crippen LogP contribution is 2.33. The predicted octanol–water partition coefficient (Wildman–Crippen LogP) is 5.08. The fraction of sp³-hybridized carbons (Fsp3) is 0.400. The lowest BCUT2D eigenvalue weighted by Crippen LogP contribution is -2.36. The van der Waals surface area contributed by atoms with Gasteiger partial charge in [0.2, 0.25) is 5.88 Å². The molecule has 2 aromatic carbocycles. The zero-order chi connectivity index (χ0) is 30.1. The van der Waals surface area contributed by atoms with Crippen molar-refractivity contribution in [2.24, 2.45) is 0 Å². The Balaban J connectivity index is 1.13. The fourth-order valence-corrected chi connectivity index (χ4v) is 5.52. The second-order valence-electron chi connectivity index (χ2n) is 10.8. The summed E-state index contributed by atoms with van der Waals surface area (Å²) in [5.41, 5.74) is 1.61. The number of hydrogen-bond donors (Lipinski definition) is 1. The summed E-state index contributed by atoms with van der Waals surface area (Å²) in [5, 5.41) is 22.7. The minimum atomic E-state index is -2.82. The molecular formula is C30H29F3N6O4. The summed E-state index contributed by atoms with van der Waals surface area (Å²) < 4.78 is 56.6. The van der Waals surface area contributed by atoms with Gasteiger partial charge in [-0.3, -0.25) is 9.58 Å². The lowest BCUT2D eigenvalue weighted by molar-refractivity contribution is -0.0592. The second-order valence-corrected chi connectivity index (χ2v) is 10.8. The molecule has 2 aliphatic heterocycles. The topological polar surface area (TPSA) is 118 Å². The fourth-order valence-electron chi connectivity index (χ4n) is 5.52. The summed E-state index contributed by atoms with van der Waals surface area (Å²) in [5.74, 6) is -1.08. The maximum Gasteiger partial charge on any atom is 0.335 e. The Morgan fingerprint density at radius 2 is 1.98 bits per heavy atom. The van der Waals surface area contributed by atoms with Crippen molar-refractivity contribution in [2.45, 2.75) is 57.5 Å². The van der Waals surface area contributed by atoms with E-state index in [-0.39, 0.29) is 46.9 Å². The average Bonchev–Trinajstić information content (AvgIpc) is 3.55. The quantitative estimate of drug-likeness (QED) is 0.270. The molecule has 13 heteroatoms. The first-order chi connectivity index (χ1) is 20.8. The SMILES string of the molecule is N#Cc1ccc(COc2nn(C3CCN(Cc4nc5ccc(C(=O)O)cc5n4C[C@@H]4CCO4)CC3)cc2C(F)F)c(F)c1. The van der Waals surface area contributed by atoms with Crippen molar-refractivity contribution < 1.29 is 32.5 Å². The number of carboxylic acid groups (broad SMARTS) is 1. The molecule has 2 saturated heterocycles. The summed E-state index contributed by atoms with van der Waals surface area (Å²) in [7, 11) is 0. The average molecular weight is 595 g/mol. The monoisotopic (exact) mass is 594 g/mol. The Morgan fingerprint density at radius 3 is 2.63 bits per heavy atom. The van der Waals surface area contributed by atoms with Gasteiger partial charge >= 0.3 is 5.97 Å². The van der Waals surface area contributed by atoms with E-state index in [1.165, 1.54) is 23.0 Å². The zero-order valence-electron chi connectivity index (χ0n) is 23.1. The number of alkyl halides is 2. The molecule has 0 amide bonds. The molecule has 6 rings (SSSR count). The molecular weight excluding hydrogens is 565 g/mol. The van der Waals surface area contributed by atoms with Crippen molar-refractivity contribution in [1.29, 1.82) is 5.26 Å². The van der Waals surface area contributed by atoms with Gasteiger partial charge in [0.15, 0.2) is 0 Å². The number of halogens is 3. The summed E-state index contributed by atoms with van der Waals surface area (Å²) in [6.07, 6.45) is 0.787. The molecule has 1 atom stereocenters. The zero-order valence-corrected chi connectivity index (χ0v) is 23.1. The number of piperidine rings is 1. The van der Waals surface area contributed by atoms with Crippen LogP contribution in [0.3, 0.4) is 0 Å². The van der Waals surface area contributed by atoms with Gasteiger partial charge in [0.25, 0.3) is 6.43 Å². The van der Waals surface area contributed by atoms with Crippen molar-refractivity contribution in [3.05, 3.63) is 76.5 Å². The van der Waals surface area contributed by atoms with Gasteiger partial charge in [-0.25, -0.2) is 22.9 Å². The van der Waals surface area contributed by atoms with Crippen molar-refractivity contribution in [2.75, 3.05) is 19.7 Å². The molecule has 43 heavy (non-hydrogen) atoms. The van der Waals surface area contributed by atoms with Gasteiger partial charge < -0.3 is 19.1 Å². The Hall–Kier alpha value is -4.41. The van der Waals surface area contributed by atoms with Crippen molar-refractivity contribution in [1.82, 2.24) is 24.2 Å². The number of carboxylic acids is 1. The van der Waals surface area contributed by atoms with Crippen molar-refractivity contribution in [3.8, 4) is 11.9 Å². The Bertz CT molecular complexity index is 1690. The number of imidazole rings is 1. The molecule has 224 valence electrons. The van der Waals surface area contributed by atoms with Crippen LogP contribution in [0.15, 0.2) is 42.6 Å². The summed E-state index contributed by atoms with van der Waals surface area (Å²) in [4.78, 5) is 18.6. The lowest BCUT2D eigenvalue weighted by Gasteiger charge is -2.32. The molecule has 10 nitrogen and oxygen atoms in total. The molecule has 2 aromatic heterocycles. The number of nitrogens with zero attached hydrogens (tertiary/aromatic N) is 6. The Morgan fingerprint density at radius 1 is 1.19 bits per heavy atom. The van der Waals surface area contributed by atoms with Crippen LogP contribution in [-0.2, 0) is 24.4 Å². The number of benzene rings is 2. The molecule has 0 saturated carbocycles. The van der Waals surface area contributed by atoms with Crippen LogP contribution in [0, 0.1) is 17.1 Å². The molecule has 1 N–H and O–H groups in total. The van der Waals surface area contributed by atoms with Crippen LogP contribution in [0.25, 0.3) is 11.0 Å². The molecule has 2 aliphatic rings. The van der Waals surface area contributed by atoms with E-state index in [9.17, 15) is 23.1 Å². The smallest absolute Gasteiger partial charge is 0.335 e. The van der Waals surface area contributed by atoms with Crippen LogP contribution in [-0.4, -0.2) is 61.1 Å². The normalized spacial score (nSPS) is 17.7. The molecule has 0 spiro atoms. The number of ether oxygens (including phenoxy) is 2. The maximum absolute atomic E-state index is 14.3. The molecule has 4 aromatic rings. The van der Waals surface area contributed by atoms with Crippen LogP contribution in [0.4, 0.5) is 13.2 Å². The number of carbonyl (C=O) groups is 1. The largest absolute Gasteiger partial charge is 0.478 e. The van der Waals surface area contributed by atoms with Crippen LogP contribution >= 0.6 is 0 Å². The second kappa shape index (κ2) is 12.1. The van der Waals surface area contributed by atoms with Gasteiger partial charge in [0.1, 0.15) is 18.2 Å². The Kier molecular flexibility index (Phi) is 8.05. The van der Waals surface area contributed by atoms with Crippen LogP contribution in [0.2, 0.25) is 0 Å². The van der Waals surface area contributed by atoms with Crippen molar-refractivity contribution >= 4 is 17.0 Å². The van der Waals surface area contributed by atoms with E-state index in [0.29, 0.717) is 45.6 Å². The van der Waals surface area contributed by atoms with Gasteiger partial charge in [0.05, 0.1) is 59.0 Å². The van der Waals surface area contributed by atoms with E-state index in [2.05, 4.69) is 10.00 Å². The molecule has 0 unspecified atom stereocenters. The van der Waals surface area contributed by atoms with E-state index >= 15 is 0 Å². The van der Waals surface area contributed by atoms with E-state index in [1.807, 2.05) is 10.6 Å². The summed E-state index contributed by atoms with van der Waals surface area (Å²) in [6, 6.07) is 10.5. The van der Waals surface area contributed by atoms with Crippen LogP contribution < -0.4 is 4.74 Å². The first kappa shape index (κ1) is 28.7. The number of aromatic carboxylic acids is 1. The first-order valence-electron chi connectivity index (χ1n) is 14.0. The maximum atomic E-state index is 14.3. The predicted molar refractivity (Wildman–Crippen MR) is 147 cm³/mol. The van der Waals surface area contributed by atoms with Gasteiger partial charge in [-0.15, -0.1) is 5.10 Å². The standard InChI is InChI=1S/C30H29F3N6O4/c31-24-11-18(13-34)1-2-20(24)17-43-29-23(28(32)33)15-39(36-29)21-5-8-37(9-6-21)16-27-35-25-4-3-19(30(40)41)12-26(25)38(27)14-22-7-10-42-22/h1-4,11-12,15,21-22,28H,5-10,14,16-17H2,(H,40,41)/t22-/m0/s1. The number of rotatable bonds is 10. The van der Waals surface area contributed by atoms with E-state index in [1.54, 1.807) is 18.2 Å². The minimum absolute atomic E-state index is 0.0593. The van der Waals surface area contributed by atoms with Crippen LogP contribution in [0.5, 0.6) is 5.88 Å². The number of fused-ring (bicyclic) bond motifs is 1. The van der Waals surface area contributed by atoms with E-state index < -0.39 is 18.2 Å². The molecule has 0 bridgehead atoms. The van der Waals surface area contributed by atoms with E-state index in [4.69, 9.17) is 19.7 Å². The van der Waals surface area contributed by atoms with Gasteiger partial charge in [-0.05, 0) is 49.6 Å². The molecule has 2 fully saturated rings. The van der Waals surface area contributed by atoms with Crippen LogP contribution in [0.1, 0.15) is 64.6 Å². The van der Waals surface area contributed by atoms with Gasteiger partial charge in [-0.1, -0.05) is 6.07 Å². The molecule has 0 aliphatic carbocycles.